The number of carbonyl (C=O) groups is 1. The van der Waals surface area contributed by atoms with Gasteiger partial charge < -0.3 is 20.6 Å². The van der Waals surface area contributed by atoms with E-state index in [0.29, 0.717) is 30.3 Å². The molecule has 1 aliphatic heterocycles. The third kappa shape index (κ3) is 2.75. The number of likely N-dealkylation sites (N-methyl/N-ethyl adjacent to an activating group) is 1. The number of hydrogen-bond donors (Lipinski definition) is 3. The van der Waals surface area contributed by atoms with Crippen LogP contribution >= 0.6 is 0 Å². The summed E-state index contributed by atoms with van der Waals surface area (Å²) in [4.78, 5) is 16.4. The van der Waals surface area contributed by atoms with E-state index in [1.807, 2.05) is 19.0 Å². The zero-order valence-electron chi connectivity index (χ0n) is 12.5. The Morgan fingerprint density at radius 1 is 1.52 bits per heavy atom. The van der Waals surface area contributed by atoms with Crippen molar-refractivity contribution < 1.29 is 9.90 Å². The zero-order chi connectivity index (χ0) is 15.1. The number of rotatable bonds is 4. The molecule has 2 atom stereocenters. The first-order valence-corrected chi connectivity index (χ1v) is 7.45. The Labute approximate surface area is 124 Å². The molecule has 2 unspecified atom stereocenters. The highest BCUT2D eigenvalue weighted by molar-refractivity contribution is 5.98. The predicted molar refractivity (Wildman–Crippen MR) is 79.0 cm³/mol. The first-order valence-electron chi connectivity index (χ1n) is 7.45. The minimum atomic E-state index is -0.470. The Kier molecular flexibility index (Phi) is 3.62. The Bertz CT molecular complexity index is 537. The van der Waals surface area contributed by atoms with E-state index in [-0.39, 0.29) is 11.9 Å². The molecule has 0 bridgehead atoms. The number of aliphatic hydroxyl groups excluding tert-OH is 1. The van der Waals surface area contributed by atoms with Crippen LogP contribution in [0.15, 0.2) is 0 Å². The molecule has 116 valence electrons. The summed E-state index contributed by atoms with van der Waals surface area (Å²) in [6.07, 6.45) is 2.34. The van der Waals surface area contributed by atoms with Gasteiger partial charge in [-0.15, -0.1) is 0 Å². The topological polar surface area (TPSA) is 98.5 Å². The molecule has 1 saturated heterocycles. The van der Waals surface area contributed by atoms with Crippen LogP contribution in [0.25, 0.3) is 0 Å². The second-order valence-corrected chi connectivity index (χ2v) is 6.44. The summed E-state index contributed by atoms with van der Waals surface area (Å²) in [5.74, 6) is 0.250. The molecule has 0 spiro atoms. The van der Waals surface area contributed by atoms with E-state index in [4.69, 9.17) is 5.73 Å². The smallest absolute Gasteiger partial charge is 0.276 e. The molecule has 1 amide bonds. The lowest BCUT2D eigenvalue weighted by Gasteiger charge is -2.26. The van der Waals surface area contributed by atoms with Gasteiger partial charge in [0.2, 0.25) is 0 Å². The van der Waals surface area contributed by atoms with E-state index in [9.17, 15) is 9.90 Å². The van der Waals surface area contributed by atoms with Crippen molar-refractivity contribution in [2.75, 3.05) is 32.9 Å². The van der Waals surface area contributed by atoms with Crippen LogP contribution in [0.2, 0.25) is 0 Å². The van der Waals surface area contributed by atoms with Crippen LogP contribution in [0.5, 0.6) is 0 Å². The molecule has 2 fully saturated rings. The number of H-pyrrole nitrogens is 1. The van der Waals surface area contributed by atoms with Crippen LogP contribution in [0, 0.1) is 0 Å². The Morgan fingerprint density at radius 3 is 2.86 bits per heavy atom. The van der Waals surface area contributed by atoms with Gasteiger partial charge in [-0.2, -0.15) is 5.10 Å². The molecular weight excluding hydrogens is 270 g/mol. The largest absolute Gasteiger partial charge is 0.395 e. The molecule has 21 heavy (non-hydrogen) atoms. The standard InChI is InChI=1S/C14H23N5O2/c1-18(2)6-9-5-10(20)7-19(9)14(21)13-11(15)12(16-17-13)8-3-4-8/h8-10,20H,3-7,15H2,1-2H3,(H,16,17). The molecule has 1 aromatic heterocycles. The maximum Gasteiger partial charge on any atom is 0.276 e. The third-order valence-corrected chi connectivity index (χ3v) is 4.25. The lowest BCUT2D eigenvalue weighted by Crippen LogP contribution is -2.41. The van der Waals surface area contributed by atoms with Gasteiger partial charge >= 0.3 is 0 Å². The van der Waals surface area contributed by atoms with Crippen molar-refractivity contribution in [3.05, 3.63) is 11.4 Å². The van der Waals surface area contributed by atoms with Crippen molar-refractivity contribution in [1.82, 2.24) is 20.0 Å². The number of hydrogen-bond acceptors (Lipinski definition) is 5. The molecule has 0 radical (unpaired) electrons. The van der Waals surface area contributed by atoms with Gasteiger partial charge in [0.1, 0.15) is 0 Å². The molecule has 7 heteroatoms. The summed E-state index contributed by atoms with van der Waals surface area (Å²) in [5.41, 5.74) is 7.75. The van der Waals surface area contributed by atoms with Crippen molar-refractivity contribution in [2.45, 2.75) is 37.3 Å². The number of nitrogens with one attached hydrogen (secondary N) is 1. The van der Waals surface area contributed by atoms with Gasteiger partial charge in [0, 0.05) is 25.0 Å². The molecule has 2 aliphatic rings. The quantitative estimate of drug-likeness (QED) is 0.726. The van der Waals surface area contributed by atoms with Crippen molar-refractivity contribution >= 4 is 11.6 Å². The van der Waals surface area contributed by atoms with Gasteiger partial charge in [-0.05, 0) is 33.4 Å². The molecule has 2 heterocycles. The normalized spacial score (nSPS) is 25.8. The molecule has 4 N–H and O–H groups in total. The van der Waals surface area contributed by atoms with E-state index in [2.05, 4.69) is 10.2 Å². The fraction of sp³-hybridized carbons (Fsp3) is 0.714. The second-order valence-electron chi connectivity index (χ2n) is 6.44. The summed E-state index contributed by atoms with van der Waals surface area (Å²) in [7, 11) is 3.92. The van der Waals surface area contributed by atoms with Crippen LogP contribution in [0.3, 0.4) is 0 Å². The van der Waals surface area contributed by atoms with Crippen LogP contribution in [0.4, 0.5) is 5.69 Å². The van der Waals surface area contributed by atoms with Crippen molar-refractivity contribution in [3.8, 4) is 0 Å². The van der Waals surface area contributed by atoms with Crippen LogP contribution in [0.1, 0.15) is 41.4 Å². The fourth-order valence-corrected chi connectivity index (χ4v) is 3.08. The molecule has 3 rings (SSSR count). The van der Waals surface area contributed by atoms with Gasteiger partial charge in [0.15, 0.2) is 5.69 Å². The molecule has 1 aromatic rings. The minimum absolute atomic E-state index is 0.00275. The number of amides is 1. The number of nitrogens with zero attached hydrogens (tertiary/aromatic N) is 3. The van der Waals surface area contributed by atoms with Crippen LogP contribution in [-0.4, -0.2) is 70.3 Å². The SMILES string of the molecule is CN(C)CC1CC(O)CN1C(=O)c1n[nH]c(C2CC2)c1N. The van der Waals surface area contributed by atoms with E-state index in [0.717, 1.165) is 25.1 Å². The number of nitrogen functional groups attached to an aromatic ring is 1. The number of aliphatic hydroxyl groups is 1. The van der Waals surface area contributed by atoms with Gasteiger partial charge in [-0.1, -0.05) is 0 Å². The highest BCUT2D eigenvalue weighted by Gasteiger charge is 2.38. The van der Waals surface area contributed by atoms with E-state index in [1.54, 1.807) is 4.90 Å². The van der Waals surface area contributed by atoms with Crippen molar-refractivity contribution in [2.24, 2.45) is 0 Å². The number of aromatic nitrogens is 2. The summed E-state index contributed by atoms with van der Waals surface area (Å²) in [6.45, 7) is 1.07. The highest BCUT2D eigenvalue weighted by atomic mass is 16.3. The van der Waals surface area contributed by atoms with Crippen molar-refractivity contribution in [1.29, 1.82) is 0 Å². The summed E-state index contributed by atoms with van der Waals surface area (Å²) in [5, 5.41) is 16.9. The van der Waals surface area contributed by atoms with Crippen LogP contribution in [-0.2, 0) is 0 Å². The number of anilines is 1. The molecule has 1 aliphatic carbocycles. The average Bonchev–Trinajstić information content (AvgIpc) is 3.08. The maximum atomic E-state index is 12.7. The molecule has 7 nitrogen and oxygen atoms in total. The lowest BCUT2D eigenvalue weighted by atomic mass is 10.1. The fourth-order valence-electron chi connectivity index (χ4n) is 3.08. The summed E-state index contributed by atoms with van der Waals surface area (Å²) >= 11 is 0. The lowest BCUT2D eigenvalue weighted by molar-refractivity contribution is 0.0694. The van der Waals surface area contributed by atoms with Crippen molar-refractivity contribution in [3.63, 3.8) is 0 Å². The van der Waals surface area contributed by atoms with E-state index >= 15 is 0 Å². The number of β-amino-alcohol motifs (C(OH)–C–C–N with tert-alkyl or cyclic N) is 1. The molecule has 1 saturated carbocycles. The van der Waals surface area contributed by atoms with Crippen LogP contribution < -0.4 is 5.73 Å². The minimum Gasteiger partial charge on any atom is -0.395 e. The number of carbonyl (C=O) groups excluding carboxylic acids is 1. The highest BCUT2D eigenvalue weighted by Crippen LogP contribution is 2.42. The van der Waals surface area contributed by atoms with Gasteiger partial charge in [0.25, 0.3) is 5.91 Å². The van der Waals surface area contributed by atoms with E-state index < -0.39 is 6.10 Å². The summed E-state index contributed by atoms with van der Waals surface area (Å²) in [6, 6.07) is 0.00275. The zero-order valence-corrected chi connectivity index (χ0v) is 12.5. The molecule has 0 aromatic carbocycles. The van der Waals surface area contributed by atoms with Gasteiger partial charge in [-0.3, -0.25) is 9.89 Å². The second kappa shape index (κ2) is 5.31. The average molecular weight is 293 g/mol. The number of nitrogens with two attached hydrogens (primary N) is 1. The number of aromatic amines is 1. The number of likely N-dealkylation sites (tertiary alicyclic amines) is 1. The Balaban J connectivity index is 1.79. The van der Waals surface area contributed by atoms with Gasteiger partial charge in [-0.25, -0.2) is 0 Å². The predicted octanol–water partition coefficient (Wildman–Crippen LogP) is 0.00630. The Morgan fingerprint density at radius 2 is 2.24 bits per heavy atom. The summed E-state index contributed by atoms with van der Waals surface area (Å²) < 4.78 is 0. The molecular formula is C14H23N5O2. The first-order chi connectivity index (χ1) is 9.97. The monoisotopic (exact) mass is 293 g/mol. The third-order valence-electron chi connectivity index (χ3n) is 4.25. The van der Waals surface area contributed by atoms with E-state index in [1.165, 1.54) is 0 Å². The first kappa shape index (κ1) is 14.3. The Hall–Kier alpha value is -1.60. The van der Waals surface area contributed by atoms with Gasteiger partial charge in [0.05, 0.1) is 17.5 Å². The maximum absolute atomic E-state index is 12.7.